The van der Waals surface area contributed by atoms with Gasteiger partial charge in [-0.3, -0.25) is 14.2 Å². The topological polar surface area (TPSA) is 84.2 Å². The van der Waals surface area contributed by atoms with Gasteiger partial charge in [0.15, 0.2) is 5.16 Å². The molecule has 6 nitrogen and oxygen atoms in total. The van der Waals surface area contributed by atoms with Gasteiger partial charge in [-0.25, -0.2) is 4.98 Å². The smallest absolute Gasteiger partial charge is 0.264 e. The molecule has 0 bridgehead atoms. The zero-order valence-electron chi connectivity index (χ0n) is 13.7. The van der Waals surface area contributed by atoms with E-state index in [1.807, 2.05) is 30.3 Å². The van der Waals surface area contributed by atoms with Crippen LogP contribution < -0.4 is 10.9 Å². The average Bonchev–Trinajstić information content (AvgIpc) is 3.03. The van der Waals surface area contributed by atoms with Gasteiger partial charge in [-0.05, 0) is 29.8 Å². The maximum atomic E-state index is 13.0. The fourth-order valence-electron chi connectivity index (χ4n) is 2.78. The molecule has 1 aromatic heterocycles. The second kappa shape index (κ2) is 6.68. The van der Waals surface area contributed by atoms with Crippen LogP contribution in [0.25, 0.3) is 5.69 Å². The van der Waals surface area contributed by atoms with Gasteiger partial charge in [0.05, 0.1) is 17.7 Å². The molecule has 0 atom stereocenters. The second-order valence-electron chi connectivity index (χ2n) is 5.88. The van der Waals surface area contributed by atoms with Crippen molar-refractivity contribution < 1.29 is 9.90 Å². The van der Waals surface area contributed by atoms with E-state index in [1.54, 1.807) is 12.1 Å². The summed E-state index contributed by atoms with van der Waals surface area (Å²) in [4.78, 5) is 29.2. The highest BCUT2D eigenvalue weighted by atomic mass is 32.2. The zero-order valence-corrected chi connectivity index (χ0v) is 14.5. The highest BCUT2D eigenvalue weighted by Gasteiger charge is 2.26. The van der Waals surface area contributed by atoms with Gasteiger partial charge in [0.2, 0.25) is 5.91 Å². The van der Waals surface area contributed by atoms with E-state index in [4.69, 9.17) is 0 Å². The van der Waals surface area contributed by atoms with Gasteiger partial charge in [0.1, 0.15) is 11.6 Å². The van der Waals surface area contributed by atoms with Gasteiger partial charge in [0.25, 0.3) is 5.56 Å². The summed E-state index contributed by atoms with van der Waals surface area (Å²) in [7, 11) is 0. The number of hydrogen-bond acceptors (Lipinski definition) is 5. The van der Waals surface area contributed by atoms with Crippen LogP contribution in [-0.4, -0.2) is 20.6 Å². The van der Waals surface area contributed by atoms with Gasteiger partial charge in [-0.15, -0.1) is 0 Å². The molecule has 0 unspecified atom stereocenters. The number of anilines is 1. The van der Waals surface area contributed by atoms with Crippen molar-refractivity contribution in [3.8, 4) is 11.4 Å². The zero-order chi connectivity index (χ0) is 18.1. The maximum absolute atomic E-state index is 13.0. The van der Waals surface area contributed by atoms with Crippen molar-refractivity contribution in [1.82, 2.24) is 9.55 Å². The first-order valence-corrected chi connectivity index (χ1v) is 9.02. The first-order chi connectivity index (χ1) is 12.6. The number of thioether (sulfide) groups is 1. The van der Waals surface area contributed by atoms with Crippen LogP contribution in [0.5, 0.6) is 5.75 Å². The van der Waals surface area contributed by atoms with Crippen LogP contribution in [0.15, 0.2) is 64.5 Å². The SMILES string of the molecule is O=C1Cc2c(nc(SCc3ccccc3)n(-c3ccc(O)cc3)c2=O)N1. The molecule has 0 spiro atoms. The minimum Gasteiger partial charge on any atom is -0.508 e. The lowest BCUT2D eigenvalue weighted by atomic mass is 10.2. The predicted molar refractivity (Wildman–Crippen MR) is 99.8 cm³/mol. The van der Waals surface area contributed by atoms with Gasteiger partial charge in [-0.1, -0.05) is 42.1 Å². The van der Waals surface area contributed by atoms with Gasteiger partial charge in [0, 0.05) is 5.75 Å². The molecule has 0 aliphatic carbocycles. The van der Waals surface area contributed by atoms with Crippen LogP contribution in [0.2, 0.25) is 0 Å². The summed E-state index contributed by atoms with van der Waals surface area (Å²) >= 11 is 1.42. The van der Waals surface area contributed by atoms with E-state index < -0.39 is 0 Å². The van der Waals surface area contributed by atoms with Crippen LogP contribution in [0.3, 0.4) is 0 Å². The van der Waals surface area contributed by atoms with Crippen molar-refractivity contribution in [2.75, 3.05) is 5.32 Å². The Morgan fingerprint density at radius 3 is 2.54 bits per heavy atom. The van der Waals surface area contributed by atoms with Crippen molar-refractivity contribution in [2.24, 2.45) is 0 Å². The number of carbonyl (C=O) groups is 1. The fourth-order valence-corrected chi connectivity index (χ4v) is 3.75. The molecule has 1 aliphatic rings. The lowest BCUT2D eigenvalue weighted by Gasteiger charge is -2.13. The summed E-state index contributed by atoms with van der Waals surface area (Å²) < 4.78 is 1.49. The van der Waals surface area contributed by atoms with Crippen LogP contribution in [0.4, 0.5) is 5.82 Å². The molecule has 26 heavy (non-hydrogen) atoms. The Morgan fingerprint density at radius 2 is 1.81 bits per heavy atom. The number of amides is 1. The van der Waals surface area contributed by atoms with Gasteiger partial charge in [-0.2, -0.15) is 0 Å². The van der Waals surface area contributed by atoms with Gasteiger partial charge < -0.3 is 10.4 Å². The number of rotatable bonds is 4. The summed E-state index contributed by atoms with van der Waals surface area (Å²) in [6, 6.07) is 16.2. The monoisotopic (exact) mass is 365 g/mol. The first kappa shape index (κ1) is 16.4. The van der Waals surface area contributed by atoms with E-state index in [0.717, 1.165) is 5.56 Å². The van der Waals surface area contributed by atoms with E-state index in [1.165, 1.54) is 28.5 Å². The number of phenols is 1. The molecule has 2 heterocycles. The van der Waals surface area contributed by atoms with Crippen molar-refractivity contribution >= 4 is 23.5 Å². The molecule has 130 valence electrons. The van der Waals surface area contributed by atoms with Crippen LogP contribution in [0.1, 0.15) is 11.1 Å². The quantitative estimate of drug-likeness (QED) is 0.549. The Hall–Kier alpha value is -3.06. The number of benzene rings is 2. The van der Waals surface area contributed by atoms with Crippen molar-refractivity contribution in [3.63, 3.8) is 0 Å². The van der Waals surface area contributed by atoms with Crippen LogP contribution in [0, 0.1) is 0 Å². The minimum absolute atomic E-state index is 0.0306. The summed E-state index contributed by atoms with van der Waals surface area (Å²) in [6.07, 6.45) is 0.0306. The Labute approximate surface area is 153 Å². The van der Waals surface area contributed by atoms with E-state index in [-0.39, 0.29) is 23.6 Å². The third-order valence-electron chi connectivity index (χ3n) is 4.06. The van der Waals surface area contributed by atoms with E-state index in [2.05, 4.69) is 10.3 Å². The first-order valence-electron chi connectivity index (χ1n) is 8.04. The number of hydrogen-bond donors (Lipinski definition) is 2. The Balaban J connectivity index is 1.79. The predicted octanol–water partition coefficient (Wildman–Crippen LogP) is 2.73. The molecule has 7 heteroatoms. The number of aromatic hydroxyl groups is 1. The normalized spacial score (nSPS) is 12.7. The maximum Gasteiger partial charge on any atom is 0.264 e. The molecule has 0 saturated carbocycles. The number of fused-ring (bicyclic) bond motifs is 1. The molecule has 3 aromatic rings. The molecule has 0 fully saturated rings. The lowest BCUT2D eigenvalue weighted by molar-refractivity contribution is -0.115. The summed E-state index contributed by atoms with van der Waals surface area (Å²) in [5, 5.41) is 12.7. The number of aromatic nitrogens is 2. The molecule has 2 N–H and O–H groups in total. The second-order valence-corrected chi connectivity index (χ2v) is 6.82. The largest absolute Gasteiger partial charge is 0.508 e. The third-order valence-corrected chi connectivity index (χ3v) is 5.07. The Morgan fingerprint density at radius 1 is 1.08 bits per heavy atom. The highest BCUT2D eigenvalue weighted by Crippen LogP contribution is 2.27. The molecular formula is C19H15N3O3S. The lowest BCUT2D eigenvalue weighted by Crippen LogP contribution is -2.24. The standard InChI is InChI=1S/C19H15N3O3S/c23-14-8-6-13(7-9-14)22-18(25)15-10-16(24)20-17(15)21-19(22)26-11-12-4-2-1-3-5-12/h1-9,23H,10-11H2,(H,20,24). The van der Waals surface area contributed by atoms with Crippen molar-refractivity contribution in [2.45, 2.75) is 17.3 Å². The van der Waals surface area contributed by atoms with E-state index in [9.17, 15) is 14.7 Å². The van der Waals surface area contributed by atoms with Crippen molar-refractivity contribution in [1.29, 1.82) is 0 Å². The number of carbonyl (C=O) groups excluding carboxylic acids is 1. The van der Waals surface area contributed by atoms with Crippen molar-refractivity contribution in [3.05, 3.63) is 76.1 Å². The Bertz CT molecular complexity index is 1030. The van der Waals surface area contributed by atoms with Crippen LogP contribution in [-0.2, 0) is 17.0 Å². The third kappa shape index (κ3) is 3.09. The molecule has 0 saturated heterocycles. The van der Waals surface area contributed by atoms with E-state index >= 15 is 0 Å². The molecule has 1 aliphatic heterocycles. The number of nitrogens with zero attached hydrogens (tertiary/aromatic N) is 2. The molecule has 4 rings (SSSR count). The number of nitrogens with one attached hydrogen (secondary N) is 1. The van der Waals surface area contributed by atoms with E-state index in [0.29, 0.717) is 28.0 Å². The molecule has 1 amide bonds. The minimum atomic E-state index is -0.269. The summed E-state index contributed by atoms with van der Waals surface area (Å²) in [6.45, 7) is 0. The van der Waals surface area contributed by atoms with Crippen LogP contribution >= 0.6 is 11.8 Å². The van der Waals surface area contributed by atoms with Gasteiger partial charge >= 0.3 is 0 Å². The number of phenolic OH excluding ortho intramolecular Hbond substituents is 1. The summed E-state index contributed by atoms with van der Waals surface area (Å²) in [5.74, 6) is 0.863. The highest BCUT2D eigenvalue weighted by molar-refractivity contribution is 7.98. The molecule has 0 radical (unpaired) electrons. The Kier molecular flexibility index (Phi) is 4.22. The molecular weight excluding hydrogens is 350 g/mol. The summed E-state index contributed by atoms with van der Waals surface area (Å²) in [5.41, 5.74) is 1.80. The average molecular weight is 365 g/mol. The fraction of sp³-hybridized carbons (Fsp3) is 0.105. The molecule has 2 aromatic carbocycles.